The van der Waals surface area contributed by atoms with Gasteiger partial charge in [0.2, 0.25) is 0 Å². The van der Waals surface area contributed by atoms with Crippen molar-refractivity contribution in [3.05, 3.63) is 71.7 Å². The molecule has 4 heterocycles. The van der Waals surface area contributed by atoms with Gasteiger partial charge in [-0.05, 0) is 60.4 Å². The van der Waals surface area contributed by atoms with Crippen LogP contribution >= 0.6 is 0 Å². The van der Waals surface area contributed by atoms with E-state index in [4.69, 9.17) is 9.97 Å². The predicted molar refractivity (Wildman–Crippen MR) is 139 cm³/mol. The summed E-state index contributed by atoms with van der Waals surface area (Å²) in [5, 5.41) is 8.30. The number of hydrogen-bond donors (Lipinski definition) is 2. The summed E-state index contributed by atoms with van der Waals surface area (Å²) in [4.78, 5) is 21.8. The number of benzene rings is 1. The molecular formula is C28H29N7. The van der Waals surface area contributed by atoms with Gasteiger partial charge in [0.25, 0.3) is 0 Å². The Morgan fingerprint density at radius 3 is 2.71 bits per heavy atom. The van der Waals surface area contributed by atoms with Gasteiger partial charge in [-0.1, -0.05) is 24.3 Å². The molecule has 7 nitrogen and oxygen atoms in total. The van der Waals surface area contributed by atoms with Gasteiger partial charge in [0.15, 0.2) is 5.82 Å². The SMILES string of the molecule is c1ccc2c(c1)CC[C@@H]2Nc1cc(-c2nc(N3CCNCC3)c3c(C4CC4)cncc3n2)ccn1. The van der Waals surface area contributed by atoms with Crippen LogP contribution in [0.1, 0.15) is 47.9 Å². The fourth-order valence-electron chi connectivity index (χ4n) is 5.56. The van der Waals surface area contributed by atoms with Crippen LogP contribution in [-0.4, -0.2) is 46.1 Å². The first-order valence-electron chi connectivity index (χ1n) is 12.8. The molecule has 7 heteroatoms. The molecule has 0 radical (unpaired) electrons. The Morgan fingerprint density at radius 1 is 0.943 bits per heavy atom. The number of nitrogens with one attached hydrogen (secondary N) is 2. The molecule has 0 spiro atoms. The molecule has 3 aromatic heterocycles. The average molecular weight is 464 g/mol. The summed E-state index contributed by atoms with van der Waals surface area (Å²) in [6, 6.07) is 13.1. The molecule has 0 unspecified atom stereocenters. The molecule has 4 aromatic rings. The lowest BCUT2D eigenvalue weighted by atomic mass is 10.1. The number of piperazine rings is 1. The van der Waals surface area contributed by atoms with Gasteiger partial charge in [-0.3, -0.25) is 4.98 Å². The second-order valence-electron chi connectivity index (χ2n) is 9.87. The maximum atomic E-state index is 5.18. The largest absolute Gasteiger partial charge is 0.363 e. The van der Waals surface area contributed by atoms with E-state index in [9.17, 15) is 0 Å². The van der Waals surface area contributed by atoms with E-state index < -0.39 is 0 Å². The van der Waals surface area contributed by atoms with Crippen LogP contribution in [-0.2, 0) is 6.42 Å². The van der Waals surface area contributed by atoms with Crippen molar-refractivity contribution in [1.82, 2.24) is 25.3 Å². The van der Waals surface area contributed by atoms with E-state index in [2.05, 4.69) is 55.8 Å². The Kier molecular flexibility index (Phi) is 5.09. The molecule has 1 saturated heterocycles. The highest BCUT2D eigenvalue weighted by molar-refractivity contribution is 5.94. The number of anilines is 2. The first-order valence-corrected chi connectivity index (χ1v) is 12.8. The van der Waals surface area contributed by atoms with Crippen molar-refractivity contribution < 1.29 is 0 Å². The number of fused-ring (bicyclic) bond motifs is 2. The summed E-state index contributed by atoms with van der Waals surface area (Å²) in [5.41, 5.74) is 6.02. The molecule has 176 valence electrons. The van der Waals surface area contributed by atoms with Crippen LogP contribution in [0.15, 0.2) is 55.0 Å². The van der Waals surface area contributed by atoms with E-state index in [-0.39, 0.29) is 6.04 Å². The Hall–Kier alpha value is -3.58. The summed E-state index contributed by atoms with van der Waals surface area (Å²) in [5.74, 6) is 3.24. The number of rotatable bonds is 5. The van der Waals surface area contributed by atoms with Crippen molar-refractivity contribution in [3.63, 3.8) is 0 Å². The quantitative estimate of drug-likeness (QED) is 0.452. The molecule has 1 aliphatic heterocycles. The maximum absolute atomic E-state index is 5.18. The van der Waals surface area contributed by atoms with Crippen molar-refractivity contribution in [1.29, 1.82) is 0 Å². The van der Waals surface area contributed by atoms with E-state index in [0.717, 1.165) is 67.6 Å². The molecule has 1 atom stereocenters. The minimum atomic E-state index is 0.285. The van der Waals surface area contributed by atoms with Gasteiger partial charge in [0.05, 0.1) is 17.8 Å². The van der Waals surface area contributed by atoms with Crippen molar-refractivity contribution in [2.45, 2.75) is 37.6 Å². The minimum Gasteiger partial charge on any atom is -0.363 e. The Labute approximate surface area is 205 Å². The van der Waals surface area contributed by atoms with Crippen LogP contribution in [0.2, 0.25) is 0 Å². The topological polar surface area (TPSA) is 78.9 Å². The van der Waals surface area contributed by atoms with Crippen LogP contribution < -0.4 is 15.5 Å². The van der Waals surface area contributed by atoms with Gasteiger partial charge in [0, 0.05) is 49.5 Å². The van der Waals surface area contributed by atoms with E-state index in [1.807, 2.05) is 24.7 Å². The Bertz CT molecular complexity index is 1390. The summed E-state index contributed by atoms with van der Waals surface area (Å²) >= 11 is 0. The van der Waals surface area contributed by atoms with Crippen LogP contribution in [0.4, 0.5) is 11.6 Å². The highest BCUT2D eigenvalue weighted by atomic mass is 15.2. The van der Waals surface area contributed by atoms with Crippen LogP contribution in [0.5, 0.6) is 0 Å². The predicted octanol–water partition coefficient (Wildman–Crippen LogP) is 4.47. The minimum absolute atomic E-state index is 0.285. The zero-order chi connectivity index (χ0) is 23.2. The molecule has 0 bridgehead atoms. The number of aromatic nitrogens is 4. The lowest BCUT2D eigenvalue weighted by Gasteiger charge is -2.30. The third-order valence-corrected chi connectivity index (χ3v) is 7.52. The van der Waals surface area contributed by atoms with Gasteiger partial charge in [0.1, 0.15) is 11.6 Å². The summed E-state index contributed by atoms with van der Waals surface area (Å²) in [6.07, 6.45) is 10.4. The molecule has 0 amide bonds. The highest BCUT2D eigenvalue weighted by Gasteiger charge is 2.29. The van der Waals surface area contributed by atoms with Gasteiger partial charge in [-0.2, -0.15) is 0 Å². The van der Waals surface area contributed by atoms with Crippen LogP contribution in [0.3, 0.4) is 0 Å². The third-order valence-electron chi connectivity index (χ3n) is 7.52. The molecule has 7 rings (SSSR count). The summed E-state index contributed by atoms with van der Waals surface area (Å²) in [7, 11) is 0. The number of aryl methyl sites for hydroxylation is 1. The smallest absolute Gasteiger partial charge is 0.162 e. The van der Waals surface area contributed by atoms with Gasteiger partial charge >= 0.3 is 0 Å². The molecule has 3 aliphatic rings. The first kappa shape index (κ1) is 20.8. The Balaban J connectivity index is 1.28. The number of pyridine rings is 2. The van der Waals surface area contributed by atoms with E-state index >= 15 is 0 Å². The van der Waals surface area contributed by atoms with Crippen LogP contribution in [0.25, 0.3) is 22.3 Å². The lowest BCUT2D eigenvalue weighted by Crippen LogP contribution is -2.44. The fraction of sp³-hybridized carbons (Fsp3) is 0.357. The van der Waals surface area contributed by atoms with E-state index in [0.29, 0.717) is 5.92 Å². The zero-order valence-electron chi connectivity index (χ0n) is 19.7. The maximum Gasteiger partial charge on any atom is 0.162 e. The number of nitrogens with zero attached hydrogens (tertiary/aromatic N) is 5. The van der Waals surface area contributed by atoms with Gasteiger partial charge in [-0.25, -0.2) is 15.0 Å². The van der Waals surface area contributed by atoms with Crippen molar-refractivity contribution in [3.8, 4) is 11.4 Å². The number of hydrogen-bond acceptors (Lipinski definition) is 7. The van der Waals surface area contributed by atoms with Gasteiger partial charge < -0.3 is 15.5 Å². The van der Waals surface area contributed by atoms with Crippen molar-refractivity contribution >= 4 is 22.5 Å². The van der Waals surface area contributed by atoms with Crippen molar-refractivity contribution in [2.24, 2.45) is 0 Å². The molecule has 2 N–H and O–H groups in total. The standard InChI is InChI=1S/C28H29N7/c1-2-4-21-18(3-1)7-8-23(21)32-25-15-20(9-10-31-25)27-33-24-17-30-16-22(19-5-6-19)26(24)28(34-27)35-13-11-29-12-14-35/h1-4,9-10,15-17,19,23,29H,5-8,11-14H2,(H,31,32)/t23-/m0/s1. The average Bonchev–Trinajstić information content (AvgIpc) is 3.69. The molecular weight excluding hydrogens is 434 g/mol. The van der Waals surface area contributed by atoms with Gasteiger partial charge in [-0.15, -0.1) is 0 Å². The first-order chi connectivity index (χ1) is 17.3. The lowest BCUT2D eigenvalue weighted by molar-refractivity contribution is 0.586. The fourth-order valence-corrected chi connectivity index (χ4v) is 5.56. The molecule has 35 heavy (non-hydrogen) atoms. The normalized spacial score (nSPS) is 19.7. The Morgan fingerprint density at radius 2 is 1.83 bits per heavy atom. The molecule has 2 aliphatic carbocycles. The molecule has 2 fully saturated rings. The molecule has 1 aromatic carbocycles. The summed E-state index contributed by atoms with van der Waals surface area (Å²) < 4.78 is 0. The highest BCUT2D eigenvalue weighted by Crippen LogP contribution is 2.45. The summed E-state index contributed by atoms with van der Waals surface area (Å²) in [6.45, 7) is 3.83. The van der Waals surface area contributed by atoms with Crippen LogP contribution in [0, 0.1) is 0 Å². The second-order valence-corrected chi connectivity index (χ2v) is 9.87. The van der Waals surface area contributed by atoms with E-state index in [1.54, 1.807) is 0 Å². The van der Waals surface area contributed by atoms with Crippen molar-refractivity contribution in [2.75, 3.05) is 36.4 Å². The third kappa shape index (κ3) is 3.90. The van der Waals surface area contributed by atoms with E-state index in [1.165, 1.54) is 34.9 Å². The zero-order valence-corrected chi connectivity index (χ0v) is 19.7. The second kappa shape index (κ2) is 8.57. The monoisotopic (exact) mass is 463 g/mol. The molecule has 1 saturated carbocycles.